The summed E-state index contributed by atoms with van der Waals surface area (Å²) in [4.78, 5) is 16.1. The molecule has 0 atom stereocenters. The molecule has 0 fully saturated rings. The molecule has 0 aliphatic heterocycles. The normalized spacial score (nSPS) is 9.85. The van der Waals surface area contributed by atoms with Gasteiger partial charge < -0.3 is 9.47 Å². The van der Waals surface area contributed by atoms with Crippen LogP contribution in [0, 0.1) is 0 Å². The van der Waals surface area contributed by atoms with Crippen LogP contribution in [0.4, 0.5) is 0 Å². The molecule has 1 aromatic carbocycles. The molecule has 0 amide bonds. The number of aromatic nitrogens is 3. The SMILES string of the molecule is CC.CCOC(=O)c1cc(-c2ccnc(-c3ccc(OC)cc3)c2)n[nH]1. The van der Waals surface area contributed by atoms with Crippen LogP contribution in [0.5, 0.6) is 5.75 Å². The number of H-pyrrole nitrogens is 1. The van der Waals surface area contributed by atoms with E-state index in [4.69, 9.17) is 9.47 Å². The number of carbonyl (C=O) groups is 1. The minimum atomic E-state index is -0.416. The third kappa shape index (κ3) is 4.47. The van der Waals surface area contributed by atoms with Crippen molar-refractivity contribution in [3.8, 4) is 28.3 Å². The summed E-state index contributed by atoms with van der Waals surface area (Å²) in [5.74, 6) is 0.377. The zero-order valence-electron chi connectivity index (χ0n) is 15.4. The van der Waals surface area contributed by atoms with E-state index in [1.165, 1.54) is 0 Å². The van der Waals surface area contributed by atoms with Crippen molar-refractivity contribution in [3.05, 3.63) is 54.4 Å². The lowest BCUT2D eigenvalue weighted by Gasteiger charge is -2.04. The fourth-order valence-electron chi connectivity index (χ4n) is 2.29. The molecule has 6 heteroatoms. The molecule has 3 aromatic rings. The zero-order valence-corrected chi connectivity index (χ0v) is 15.4. The van der Waals surface area contributed by atoms with E-state index in [2.05, 4.69) is 15.2 Å². The summed E-state index contributed by atoms with van der Waals surface area (Å²) < 4.78 is 10.1. The smallest absolute Gasteiger partial charge is 0.356 e. The lowest BCUT2D eigenvalue weighted by Crippen LogP contribution is -2.04. The Bertz CT molecular complexity index is 842. The Labute approximate surface area is 153 Å². The largest absolute Gasteiger partial charge is 0.497 e. The van der Waals surface area contributed by atoms with E-state index in [1.54, 1.807) is 26.3 Å². The lowest BCUT2D eigenvalue weighted by atomic mass is 10.1. The van der Waals surface area contributed by atoms with Gasteiger partial charge in [-0.25, -0.2) is 4.79 Å². The van der Waals surface area contributed by atoms with Gasteiger partial charge in [-0.3, -0.25) is 10.1 Å². The maximum Gasteiger partial charge on any atom is 0.356 e. The van der Waals surface area contributed by atoms with Gasteiger partial charge in [0.05, 0.1) is 25.1 Å². The van der Waals surface area contributed by atoms with Crippen LogP contribution in [-0.4, -0.2) is 34.9 Å². The summed E-state index contributed by atoms with van der Waals surface area (Å²) >= 11 is 0. The van der Waals surface area contributed by atoms with Gasteiger partial charge >= 0.3 is 5.97 Å². The van der Waals surface area contributed by atoms with Crippen molar-refractivity contribution in [2.75, 3.05) is 13.7 Å². The molecule has 0 radical (unpaired) electrons. The monoisotopic (exact) mass is 353 g/mol. The Morgan fingerprint density at radius 1 is 1.04 bits per heavy atom. The number of nitrogens with zero attached hydrogens (tertiary/aromatic N) is 2. The second-order valence-electron chi connectivity index (χ2n) is 5.05. The molecule has 6 nitrogen and oxygen atoms in total. The van der Waals surface area contributed by atoms with Crippen molar-refractivity contribution in [3.63, 3.8) is 0 Å². The molecule has 0 aliphatic carbocycles. The third-order valence-corrected chi connectivity index (χ3v) is 3.51. The summed E-state index contributed by atoms with van der Waals surface area (Å²) in [6.07, 6.45) is 1.72. The highest BCUT2D eigenvalue weighted by Crippen LogP contribution is 2.25. The predicted molar refractivity (Wildman–Crippen MR) is 101 cm³/mol. The van der Waals surface area contributed by atoms with E-state index in [0.717, 1.165) is 22.6 Å². The Kier molecular flexibility index (Phi) is 6.91. The molecule has 0 saturated carbocycles. The van der Waals surface area contributed by atoms with Crippen LogP contribution in [0.2, 0.25) is 0 Å². The standard InChI is InChI=1S/C18H17N3O3.C2H6/c1-3-24-18(22)17-11-16(20-21-17)13-8-9-19-15(10-13)12-4-6-14(23-2)7-5-12;1-2/h4-11H,3H2,1-2H3,(H,20,21);1-2H3. The number of aromatic amines is 1. The Balaban J connectivity index is 0.00000117. The third-order valence-electron chi connectivity index (χ3n) is 3.51. The molecule has 2 aromatic heterocycles. The van der Waals surface area contributed by atoms with Gasteiger partial charge in [0.25, 0.3) is 0 Å². The number of rotatable bonds is 5. The molecule has 2 heterocycles. The fourth-order valence-corrected chi connectivity index (χ4v) is 2.29. The molecule has 0 saturated heterocycles. The highest BCUT2D eigenvalue weighted by atomic mass is 16.5. The van der Waals surface area contributed by atoms with Gasteiger partial charge in [-0.2, -0.15) is 5.10 Å². The van der Waals surface area contributed by atoms with Crippen molar-refractivity contribution in [1.82, 2.24) is 15.2 Å². The van der Waals surface area contributed by atoms with Crippen LogP contribution in [0.1, 0.15) is 31.3 Å². The number of esters is 1. The minimum absolute atomic E-state index is 0.323. The van der Waals surface area contributed by atoms with Gasteiger partial charge in [0.1, 0.15) is 11.4 Å². The van der Waals surface area contributed by atoms with Gasteiger partial charge in [-0.15, -0.1) is 0 Å². The van der Waals surface area contributed by atoms with Crippen LogP contribution < -0.4 is 4.74 Å². The van der Waals surface area contributed by atoms with Crippen molar-refractivity contribution < 1.29 is 14.3 Å². The van der Waals surface area contributed by atoms with Crippen LogP contribution in [0.15, 0.2) is 48.7 Å². The number of hydrogen-bond acceptors (Lipinski definition) is 5. The number of hydrogen-bond donors (Lipinski definition) is 1. The second-order valence-corrected chi connectivity index (χ2v) is 5.05. The number of ether oxygens (including phenoxy) is 2. The molecule has 3 rings (SSSR count). The maximum atomic E-state index is 11.7. The number of nitrogens with one attached hydrogen (secondary N) is 1. The van der Waals surface area contributed by atoms with E-state index in [0.29, 0.717) is 18.0 Å². The maximum absolute atomic E-state index is 11.7. The molecule has 1 N–H and O–H groups in total. The number of methoxy groups -OCH3 is 1. The van der Waals surface area contributed by atoms with E-state index in [1.807, 2.05) is 50.2 Å². The Morgan fingerprint density at radius 3 is 2.42 bits per heavy atom. The van der Waals surface area contributed by atoms with E-state index >= 15 is 0 Å². The Hall–Kier alpha value is -3.15. The molecule has 0 unspecified atom stereocenters. The number of pyridine rings is 1. The van der Waals surface area contributed by atoms with Gasteiger partial charge in [0.2, 0.25) is 0 Å². The van der Waals surface area contributed by atoms with Crippen molar-refractivity contribution in [2.45, 2.75) is 20.8 Å². The van der Waals surface area contributed by atoms with Crippen molar-refractivity contribution in [1.29, 1.82) is 0 Å². The minimum Gasteiger partial charge on any atom is -0.497 e. The molecule has 136 valence electrons. The Morgan fingerprint density at radius 2 is 1.77 bits per heavy atom. The molecule has 26 heavy (non-hydrogen) atoms. The van der Waals surface area contributed by atoms with E-state index < -0.39 is 5.97 Å². The van der Waals surface area contributed by atoms with E-state index in [9.17, 15) is 4.79 Å². The molecule has 0 bridgehead atoms. The van der Waals surface area contributed by atoms with Crippen LogP contribution in [0.25, 0.3) is 22.5 Å². The van der Waals surface area contributed by atoms with E-state index in [-0.39, 0.29) is 0 Å². The average Bonchev–Trinajstić information content (AvgIpc) is 3.20. The summed E-state index contributed by atoms with van der Waals surface area (Å²) in [6, 6.07) is 13.1. The fraction of sp³-hybridized carbons (Fsp3) is 0.250. The first kappa shape index (κ1) is 19.2. The summed E-state index contributed by atoms with van der Waals surface area (Å²) in [5, 5.41) is 6.88. The molecular formula is C20H23N3O3. The number of benzene rings is 1. The first-order chi connectivity index (χ1) is 12.7. The van der Waals surface area contributed by atoms with Gasteiger partial charge in [0.15, 0.2) is 0 Å². The van der Waals surface area contributed by atoms with Crippen LogP contribution in [0.3, 0.4) is 0 Å². The van der Waals surface area contributed by atoms with Gasteiger partial charge in [0, 0.05) is 17.3 Å². The quantitative estimate of drug-likeness (QED) is 0.690. The summed E-state index contributed by atoms with van der Waals surface area (Å²) in [5.41, 5.74) is 3.64. The predicted octanol–water partition coefficient (Wildman–Crippen LogP) is 4.35. The summed E-state index contributed by atoms with van der Waals surface area (Å²) in [6.45, 7) is 6.09. The first-order valence-electron chi connectivity index (χ1n) is 8.54. The van der Waals surface area contributed by atoms with Crippen molar-refractivity contribution >= 4 is 5.97 Å². The summed E-state index contributed by atoms with van der Waals surface area (Å²) in [7, 11) is 1.63. The van der Waals surface area contributed by atoms with Crippen LogP contribution in [-0.2, 0) is 4.74 Å². The average molecular weight is 353 g/mol. The zero-order chi connectivity index (χ0) is 18.9. The molecular weight excluding hydrogens is 330 g/mol. The second kappa shape index (κ2) is 9.36. The van der Waals surface area contributed by atoms with Crippen molar-refractivity contribution in [2.24, 2.45) is 0 Å². The topological polar surface area (TPSA) is 77.1 Å². The molecule has 0 aliphatic rings. The number of carbonyl (C=O) groups excluding carboxylic acids is 1. The highest BCUT2D eigenvalue weighted by molar-refractivity contribution is 5.88. The lowest BCUT2D eigenvalue weighted by molar-refractivity contribution is 0.0519. The highest BCUT2D eigenvalue weighted by Gasteiger charge is 2.12. The van der Waals surface area contributed by atoms with Crippen LogP contribution >= 0.6 is 0 Å². The van der Waals surface area contributed by atoms with Gasteiger partial charge in [-0.1, -0.05) is 13.8 Å². The van der Waals surface area contributed by atoms with Gasteiger partial charge in [-0.05, 0) is 49.4 Å². The first-order valence-corrected chi connectivity index (χ1v) is 8.54. The molecule has 0 spiro atoms.